The first-order valence-corrected chi connectivity index (χ1v) is 5.82. The summed E-state index contributed by atoms with van der Waals surface area (Å²) in [6.07, 6.45) is 0.773. The average molecular weight is 270 g/mol. The van der Waals surface area contributed by atoms with Gasteiger partial charge in [0, 0.05) is 25.1 Å². The van der Waals surface area contributed by atoms with Gasteiger partial charge in [-0.25, -0.2) is 0 Å². The topological polar surface area (TPSA) is 49.8 Å². The number of benzene rings is 1. The Labute approximate surface area is 112 Å². The van der Waals surface area contributed by atoms with Crippen LogP contribution in [0.4, 0.5) is 0 Å². The number of carboxylic acids is 1. The number of likely N-dealkylation sites (N-methyl/N-ethyl adjacent to an activating group) is 1. The minimum Gasteiger partial charge on any atom is -0.484 e. The van der Waals surface area contributed by atoms with Gasteiger partial charge in [-0.15, -0.1) is 12.4 Å². The minimum absolute atomic E-state index is 0. The van der Waals surface area contributed by atoms with E-state index in [0.29, 0.717) is 6.54 Å². The van der Waals surface area contributed by atoms with Gasteiger partial charge in [-0.2, -0.15) is 0 Å². The van der Waals surface area contributed by atoms with Crippen LogP contribution in [0.25, 0.3) is 0 Å². The molecule has 2 atom stereocenters. The van der Waals surface area contributed by atoms with Gasteiger partial charge in [0.25, 0.3) is 0 Å². The third kappa shape index (κ3) is 1.76. The van der Waals surface area contributed by atoms with E-state index >= 15 is 0 Å². The van der Waals surface area contributed by atoms with Crippen molar-refractivity contribution in [1.82, 2.24) is 4.90 Å². The number of aliphatic carboxylic acids is 1. The van der Waals surface area contributed by atoms with Gasteiger partial charge in [0.05, 0.1) is 0 Å². The molecule has 0 amide bonds. The van der Waals surface area contributed by atoms with Crippen LogP contribution < -0.4 is 4.74 Å². The second-order valence-electron chi connectivity index (χ2n) is 4.96. The lowest BCUT2D eigenvalue weighted by molar-refractivity contribution is -0.142. The zero-order valence-corrected chi connectivity index (χ0v) is 10.9. The molecule has 1 aromatic rings. The number of likely N-dealkylation sites (tertiary alicyclic amines) is 1. The summed E-state index contributed by atoms with van der Waals surface area (Å²) in [5, 5.41) is 9.47. The maximum absolute atomic E-state index is 11.5. The molecular weight excluding hydrogens is 254 g/mol. The quantitative estimate of drug-likeness (QED) is 0.844. The van der Waals surface area contributed by atoms with E-state index in [0.717, 1.165) is 24.3 Å². The lowest BCUT2D eigenvalue weighted by atomic mass is 9.83. The summed E-state index contributed by atoms with van der Waals surface area (Å²) in [5.74, 6) is -0.593. The van der Waals surface area contributed by atoms with Crippen LogP contribution in [0.2, 0.25) is 0 Å². The van der Waals surface area contributed by atoms with Gasteiger partial charge < -0.3 is 14.7 Å². The van der Waals surface area contributed by atoms with E-state index in [4.69, 9.17) is 4.74 Å². The molecule has 18 heavy (non-hydrogen) atoms. The fourth-order valence-electron chi connectivity index (χ4n) is 3.05. The Morgan fingerprint density at radius 3 is 2.83 bits per heavy atom. The predicted octanol–water partition coefficient (Wildman–Crippen LogP) is 1.74. The van der Waals surface area contributed by atoms with E-state index in [9.17, 15) is 9.90 Å². The summed E-state index contributed by atoms with van der Waals surface area (Å²) in [6, 6.07) is 7.48. The summed E-state index contributed by atoms with van der Waals surface area (Å²) in [4.78, 5) is 13.7. The molecule has 2 unspecified atom stereocenters. The number of halogens is 1. The van der Waals surface area contributed by atoms with Crippen molar-refractivity contribution in [1.29, 1.82) is 0 Å². The lowest BCUT2D eigenvalue weighted by Gasteiger charge is -2.27. The summed E-state index contributed by atoms with van der Waals surface area (Å²) in [6.45, 7) is 1.57. The molecule has 2 aliphatic rings. The Morgan fingerprint density at radius 1 is 1.50 bits per heavy atom. The van der Waals surface area contributed by atoms with Crippen molar-refractivity contribution < 1.29 is 14.6 Å². The Hall–Kier alpha value is -1.26. The molecule has 5 heteroatoms. The largest absolute Gasteiger partial charge is 0.484 e. The number of carbonyl (C=O) groups is 1. The molecule has 2 heterocycles. The first kappa shape index (κ1) is 13.2. The van der Waals surface area contributed by atoms with Crippen LogP contribution in [0.1, 0.15) is 17.9 Å². The maximum atomic E-state index is 11.5. The molecule has 0 aromatic heterocycles. The SMILES string of the molecule is CN1CCC2(C1)Oc1ccccc1C2C(=O)O.Cl. The van der Waals surface area contributed by atoms with Crippen LogP contribution in [-0.4, -0.2) is 41.7 Å². The van der Waals surface area contributed by atoms with Crippen molar-refractivity contribution >= 4 is 18.4 Å². The number of fused-ring (bicyclic) bond motifs is 1. The number of nitrogens with zero attached hydrogens (tertiary/aromatic N) is 1. The Kier molecular flexibility index (Phi) is 3.25. The highest BCUT2D eigenvalue weighted by molar-refractivity contribution is 5.85. The highest BCUT2D eigenvalue weighted by Crippen LogP contribution is 2.48. The summed E-state index contributed by atoms with van der Waals surface area (Å²) in [7, 11) is 2.00. The van der Waals surface area contributed by atoms with Gasteiger partial charge in [0.15, 0.2) is 0 Å². The Morgan fingerprint density at radius 2 is 2.22 bits per heavy atom. The molecule has 3 rings (SSSR count). The van der Waals surface area contributed by atoms with Crippen molar-refractivity contribution in [2.45, 2.75) is 17.9 Å². The molecule has 2 aliphatic heterocycles. The van der Waals surface area contributed by atoms with E-state index < -0.39 is 17.5 Å². The van der Waals surface area contributed by atoms with E-state index in [1.54, 1.807) is 0 Å². The van der Waals surface area contributed by atoms with Gasteiger partial charge in [-0.1, -0.05) is 18.2 Å². The van der Waals surface area contributed by atoms with Crippen LogP contribution >= 0.6 is 12.4 Å². The number of para-hydroxylation sites is 1. The van der Waals surface area contributed by atoms with Crippen molar-refractivity contribution in [3.63, 3.8) is 0 Å². The fraction of sp³-hybridized carbons (Fsp3) is 0.462. The van der Waals surface area contributed by atoms with Crippen LogP contribution in [0.3, 0.4) is 0 Å². The molecule has 1 fully saturated rings. The van der Waals surface area contributed by atoms with Crippen molar-refractivity contribution in [2.75, 3.05) is 20.1 Å². The first-order valence-electron chi connectivity index (χ1n) is 5.82. The van der Waals surface area contributed by atoms with Gasteiger partial charge in [0.2, 0.25) is 0 Å². The summed E-state index contributed by atoms with van der Waals surface area (Å²) in [5.41, 5.74) is 0.250. The molecule has 1 aromatic carbocycles. The highest BCUT2D eigenvalue weighted by Gasteiger charge is 2.55. The van der Waals surface area contributed by atoms with Gasteiger partial charge in [-0.05, 0) is 13.1 Å². The normalized spacial score (nSPS) is 29.7. The van der Waals surface area contributed by atoms with Crippen LogP contribution in [0.5, 0.6) is 5.75 Å². The fourth-order valence-corrected chi connectivity index (χ4v) is 3.05. The standard InChI is InChI=1S/C13H15NO3.ClH/c1-14-7-6-13(8-14)11(12(15)16)9-4-2-3-5-10(9)17-13;/h2-5,11H,6-8H2,1H3,(H,15,16);1H. The molecule has 98 valence electrons. The lowest BCUT2D eigenvalue weighted by Crippen LogP contribution is -2.43. The molecule has 0 bridgehead atoms. The molecule has 0 aliphatic carbocycles. The smallest absolute Gasteiger partial charge is 0.315 e. The Balaban J connectivity index is 0.00000120. The predicted molar refractivity (Wildman–Crippen MR) is 69.5 cm³/mol. The molecule has 4 nitrogen and oxygen atoms in total. The highest BCUT2D eigenvalue weighted by atomic mass is 35.5. The van der Waals surface area contributed by atoms with E-state index in [1.165, 1.54) is 0 Å². The monoisotopic (exact) mass is 269 g/mol. The van der Waals surface area contributed by atoms with Crippen LogP contribution in [0.15, 0.2) is 24.3 Å². The molecule has 1 N–H and O–H groups in total. The van der Waals surface area contributed by atoms with Gasteiger partial charge >= 0.3 is 5.97 Å². The van der Waals surface area contributed by atoms with E-state index in [2.05, 4.69) is 4.90 Å². The number of carboxylic acid groups (broad SMARTS) is 1. The van der Waals surface area contributed by atoms with Crippen molar-refractivity contribution in [2.24, 2.45) is 0 Å². The first-order chi connectivity index (χ1) is 8.12. The number of hydrogen-bond donors (Lipinski definition) is 1. The summed E-state index contributed by atoms with van der Waals surface area (Å²) < 4.78 is 5.98. The maximum Gasteiger partial charge on any atom is 0.315 e. The molecule has 1 spiro atoms. The molecule has 1 saturated heterocycles. The zero-order valence-electron chi connectivity index (χ0n) is 10.1. The summed E-state index contributed by atoms with van der Waals surface area (Å²) >= 11 is 0. The Bertz CT molecular complexity index is 479. The third-order valence-corrected chi connectivity index (χ3v) is 3.77. The number of rotatable bonds is 1. The van der Waals surface area contributed by atoms with E-state index in [-0.39, 0.29) is 12.4 Å². The van der Waals surface area contributed by atoms with Gasteiger partial charge in [-0.3, -0.25) is 4.79 Å². The second kappa shape index (κ2) is 4.44. The second-order valence-corrected chi connectivity index (χ2v) is 4.96. The van der Waals surface area contributed by atoms with Crippen LogP contribution in [-0.2, 0) is 4.79 Å². The average Bonchev–Trinajstić information content (AvgIpc) is 2.79. The van der Waals surface area contributed by atoms with E-state index in [1.807, 2.05) is 31.3 Å². The number of ether oxygens (including phenoxy) is 1. The molecular formula is C13H16ClNO3. The minimum atomic E-state index is -0.787. The van der Waals surface area contributed by atoms with Crippen molar-refractivity contribution in [3.05, 3.63) is 29.8 Å². The molecule has 0 saturated carbocycles. The molecule has 0 radical (unpaired) electrons. The number of hydrogen-bond acceptors (Lipinski definition) is 3. The van der Waals surface area contributed by atoms with Crippen molar-refractivity contribution in [3.8, 4) is 5.75 Å². The van der Waals surface area contributed by atoms with Crippen LogP contribution in [0, 0.1) is 0 Å². The van der Waals surface area contributed by atoms with Gasteiger partial charge in [0.1, 0.15) is 17.3 Å². The zero-order chi connectivity index (χ0) is 12.0. The third-order valence-electron chi connectivity index (χ3n) is 3.77.